The Bertz CT molecular complexity index is 1950. The Kier molecular flexibility index (Phi) is 7.26. The summed E-state index contributed by atoms with van der Waals surface area (Å²) in [6.45, 7) is 1.67. The molecule has 6 aromatic carbocycles. The Balaban J connectivity index is 1.36. The molecule has 0 aliphatic heterocycles. The maximum absolute atomic E-state index is 12.5. The van der Waals surface area contributed by atoms with Crippen LogP contribution in [0.1, 0.15) is 22.8 Å². The number of amides is 2. The van der Waals surface area contributed by atoms with Crippen molar-refractivity contribution in [2.45, 2.75) is 13.5 Å². The lowest BCUT2D eigenvalue weighted by molar-refractivity contribution is 0.101. The third-order valence-corrected chi connectivity index (χ3v) is 7.15. The molecule has 0 fully saturated rings. The maximum Gasteiger partial charge on any atom is 0.323 e. The highest BCUT2D eigenvalue weighted by Gasteiger charge is 2.22. The zero-order valence-corrected chi connectivity index (χ0v) is 22.9. The molecule has 0 saturated carbocycles. The fraction of sp³-hybridized carbons (Fsp3) is 0.0556. The molecular weight excluding hydrogens is 524 g/mol. The SMILES string of the molecule is CC(=O)c1cc2ccccc2c(-c2c(OCc3cccc(NC(=O)Nc4ccccc4)c3)ccc3ccccc23)c1O. The van der Waals surface area contributed by atoms with Crippen molar-refractivity contribution in [3.8, 4) is 22.6 Å². The van der Waals surface area contributed by atoms with Gasteiger partial charge < -0.3 is 20.5 Å². The predicted octanol–water partition coefficient (Wildman–Crippen LogP) is 8.79. The molecule has 6 aromatic rings. The van der Waals surface area contributed by atoms with Gasteiger partial charge in [0.1, 0.15) is 18.1 Å². The lowest BCUT2D eigenvalue weighted by atomic mass is 9.89. The van der Waals surface area contributed by atoms with Crippen LogP contribution < -0.4 is 15.4 Å². The number of rotatable bonds is 7. The van der Waals surface area contributed by atoms with Crippen LogP contribution in [-0.2, 0) is 6.61 Å². The van der Waals surface area contributed by atoms with Crippen molar-refractivity contribution in [1.82, 2.24) is 0 Å². The summed E-state index contributed by atoms with van der Waals surface area (Å²) in [6, 6.07) is 37.5. The monoisotopic (exact) mass is 552 g/mol. The third-order valence-electron chi connectivity index (χ3n) is 7.15. The Morgan fingerprint density at radius 2 is 1.31 bits per heavy atom. The molecule has 0 saturated heterocycles. The second-order valence-corrected chi connectivity index (χ2v) is 10.0. The summed E-state index contributed by atoms with van der Waals surface area (Å²) in [4.78, 5) is 25.0. The molecule has 0 aliphatic rings. The summed E-state index contributed by atoms with van der Waals surface area (Å²) in [6.07, 6.45) is 0. The topological polar surface area (TPSA) is 87.7 Å². The highest BCUT2D eigenvalue weighted by molar-refractivity contribution is 6.14. The third kappa shape index (κ3) is 5.38. The van der Waals surface area contributed by atoms with Gasteiger partial charge in [0, 0.05) is 22.5 Å². The second kappa shape index (κ2) is 11.5. The predicted molar refractivity (Wildman–Crippen MR) is 168 cm³/mol. The first-order valence-corrected chi connectivity index (χ1v) is 13.6. The van der Waals surface area contributed by atoms with E-state index >= 15 is 0 Å². The van der Waals surface area contributed by atoms with Crippen LogP contribution in [-0.4, -0.2) is 16.9 Å². The standard InChI is InChI=1S/C36H28N2O4/c1-23(39)31-21-26-12-6-8-17-30(26)34(35(31)40)33-29-16-7-5-11-25(29)18-19-32(33)42-22-24-10-9-15-28(20-24)38-36(41)37-27-13-3-2-4-14-27/h2-21,40H,22H2,1H3,(H2,37,38,41). The van der Waals surface area contributed by atoms with Crippen LogP contribution in [0.2, 0.25) is 0 Å². The first kappa shape index (κ1) is 26.6. The van der Waals surface area contributed by atoms with Gasteiger partial charge in [-0.2, -0.15) is 0 Å². The van der Waals surface area contributed by atoms with E-state index in [1.54, 1.807) is 6.07 Å². The Labute approximate surface area is 243 Å². The van der Waals surface area contributed by atoms with Gasteiger partial charge >= 0.3 is 6.03 Å². The van der Waals surface area contributed by atoms with E-state index in [1.165, 1.54) is 6.92 Å². The summed E-state index contributed by atoms with van der Waals surface area (Å²) in [7, 11) is 0. The van der Waals surface area contributed by atoms with E-state index in [4.69, 9.17) is 4.74 Å². The largest absolute Gasteiger partial charge is 0.507 e. The number of fused-ring (bicyclic) bond motifs is 2. The number of nitrogens with one attached hydrogen (secondary N) is 2. The molecule has 42 heavy (non-hydrogen) atoms. The van der Waals surface area contributed by atoms with Crippen molar-refractivity contribution in [3.05, 3.63) is 132 Å². The molecule has 0 atom stereocenters. The number of hydrogen-bond donors (Lipinski definition) is 3. The second-order valence-electron chi connectivity index (χ2n) is 10.0. The molecule has 0 bridgehead atoms. The number of urea groups is 1. The molecule has 206 valence electrons. The molecule has 3 N–H and O–H groups in total. The van der Waals surface area contributed by atoms with Crippen molar-refractivity contribution in [3.63, 3.8) is 0 Å². The summed E-state index contributed by atoms with van der Waals surface area (Å²) in [5.74, 6) is 0.274. The van der Waals surface area contributed by atoms with E-state index in [-0.39, 0.29) is 29.7 Å². The zero-order chi connectivity index (χ0) is 29.1. The summed E-state index contributed by atoms with van der Waals surface area (Å²) in [5.41, 5.74) is 3.69. The number of phenols is 1. The average molecular weight is 553 g/mol. The van der Waals surface area contributed by atoms with Gasteiger partial charge in [0.15, 0.2) is 5.78 Å². The van der Waals surface area contributed by atoms with E-state index < -0.39 is 0 Å². The van der Waals surface area contributed by atoms with Gasteiger partial charge in [-0.3, -0.25) is 4.79 Å². The highest BCUT2D eigenvalue weighted by atomic mass is 16.5. The van der Waals surface area contributed by atoms with E-state index in [2.05, 4.69) is 10.6 Å². The molecule has 6 nitrogen and oxygen atoms in total. The van der Waals surface area contributed by atoms with Crippen LogP contribution in [0.5, 0.6) is 11.5 Å². The molecule has 6 heteroatoms. The van der Waals surface area contributed by atoms with Crippen LogP contribution >= 0.6 is 0 Å². The van der Waals surface area contributed by atoms with E-state index in [9.17, 15) is 14.7 Å². The average Bonchev–Trinajstić information content (AvgIpc) is 3.00. The maximum atomic E-state index is 12.5. The Hall–Kier alpha value is -5.62. The molecular formula is C36H28N2O4. The number of carbonyl (C=O) groups excluding carboxylic acids is 2. The Morgan fingerprint density at radius 1 is 0.667 bits per heavy atom. The fourth-order valence-corrected chi connectivity index (χ4v) is 5.20. The minimum Gasteiger partial charge on any atom is -0.507 e. The van der Waals surface area contributed by atoms with Gasteiger partial charge in [-0.15, -0.1) is 0 Å². The zero-order valence-electron chi connectivity index (χ0n) is 22.9. The van der Waals surface area contributed by atoms with Gasteiger partial charge in [-0.1, -0.05) is 84.9 Å². The highest BCUT2D eigenvalue weighted by Crippen LogP contribution is 2.46. The van der Waals surface area contributed by atoms with Gasteiger partial charge in [0.05, 0.1) is 5.56 Å². The number of hydrogen-bond acceptors (Lipinski definition) is 4. The normalized spacial score (nSPS) is 10.9. The van der Waals surface area contributed by atoms with Gasteiger partial charge in [0.2, 0.25) is 0 Å². The number of ether oxygens (including phenoxy) is 1. The molecule has 0 heterocycles. The van der Waals surface area contributed by atoms with Crippen LogP contribution in [0.4, 0.5) is 16.2 Å². The summed E-state index contributed by atoms with van der Waals surface area (Å²) in [5, 5.41) is 20.7. The van der Waals surface area contributed by atoms with Crippen molar-refractivity contribution in [2.75, 3.05) is 10.6 Å². The number of carbonyl (C=O) groups is 2. The van der Waals surface area contributed by atoms with Crippen molar-refractivity contribution in [2.24, 2.45) is 0 Å². The van der Waals surface area contributed by atoms with Crippen LogP contribution in [0.15, 0.2) is 121 Å². The van der Waals surface area contributed by atoms with Crippen LogP contribution in [0.25, 0.3) is 32.7 Å². The minimum absolute atomic E-state index is 0.0713. The molecule has 6 rings (SSSR count). The summed E-state index contributed by atoms with van der Waals surface area (Å²) >= 11 is 0. The smallest absolute Gasteiger partial charge is 0.323 e. The number of anilines is 2. The number of Topliss-reactive ketones (excluding diaryl/α,β-unsaturated/α-hetero) is 1. The molecule has 0 spiro atoms. The molecule has 0 aliphatic carbocycles. The van der Waals surface area contributed by atoms with Gasteiger partial charge in [0.25, 0.3) is 0 Å². The number of benzene rings is 6. The number of ketones is 1. The summed E-state index contributed by atoms with van der Waals surface area (Å²) < 4.78 is 6.42. The first-order valence-electron chi connectivity index (χ1n) is 13.6. The van der Waals surface area contributed by atoms with E-state index in [0.717, 1.165) is 27.1 Å². The lowest BCUT2D eigenvalue weighted by Gasteiger charge is -2.19. The molecule has 0 unspecified atom stereocenters. The van der Waals surface area contributed by atoms with E-state index in [0.29, 0.717) is 28.3 Å². The first-order chi connectivity index (χ1) is 20.5. The molecule has 2 amide bonds. The number of para-hydroxylation sites is 1. The molecule has 0 radical (unpaired) electrons. The lowest BCUT2D eigenvalue weighted by Crippen LogP contribution is -2.19. The quantitative estimate of drug-likeness (QED) is 0.173. The van der Waals surface area contributed by atoms with Gasteiger partial charge in [-0.05, 0) is 70.4 Å². The van der Waals surface area contributed by atoms with Gasteiger partial charge in [-0.25, -0.2) is 4.79 Å². The number of aromatic hydroxyl groups is 1. The van der Waals surface area contributed by atoms with E-state index in [1.807, 2.05) is 115 Å². The number of phenolic OH excluding ortho intramolecular Hbond substituents is 1. The fourth-order valence-electron chi connectivity index (χ4n) is 5.20. The van der Waals surface area contributed by atoms with Crippen molar-refractivity contribution in [1.29, 1.82) is 0 Å². The van der Waals surface area contributed by atoms with Crippen LogP contribution in [0, 0.1) is 0 Å². The minimum atomic E-state index is -0.344. The van der Waals surface area contributed by atoms with Crippen molar-refractivity contribution < 1.29 is 19.4 Å². The molecule has 0 aromatic heterocycles. The van der Waals surface area contributed by atoms with Crippen molar-refractivity contribution >= 4 is 44.7 Å². The van der Waals surface area contributed by atoms with Crippen LogP contribution in [0.3, 0.4) is 0 Å². The Morgan fingerprint density at radius 3 is 2.07 bits per heavy atom.